The maximum Gasteiger partial charge on any atom is 0.378 e. The van der Waals surface area contributed by atoms with Crippen LogP contribution >= 0.6 is 0 Å². The van der Waals surface area contributed by atoms with E-state index in [-0.39, 0.29) is 0 Å². The second kappa shape index (κ2) is 6.21. The Balaban J connectivity index is 2.14. The summed E-state index contributed by atoms with van der Waals surface area (Å²) in [5, 5.41) is 0. The van der Waals surface area contributed by atoms with Gasteiger partial charge in [-0.25, -0.2) is 0 Å². The molecular formula is C10H20O2Si. The largest absolute Gasteiger partial charge is 0.529 e. The van der Waals surface area contributed by atoms with Crippen molar-refractivity contribution >= 4 is 9.28 Å². The maximum absolute atomic E-state index is 5.43. The Morgan fingerprint density at radius 3 is 2.54 bits per heavy atom. The van der Waals surface area contributed by atoms with Gasteiger partial charge in [-0.1, -0.05) is 19.3 Å². The minimum atomic E-state index is -1.34. The third kappa shape index (κ3) is 4.48. The zero-order valence-corrected chi connectivity index (χ0v) is 9.82. The van der Waals surface area contributed by atoms with Crippen LogP contribution < -0.4 is 0 Å². The molecule has 3 heteroatoms. The predicted molar refractivity (Wildman–Crippen MR) is 56.8 cm³/mol. The highest BCUT2D eigenvalue weighted by atomic mass is 28.3. The Kier molecular flexibility index (Phi) is 5.16. The Bertz CT molecular complexity index is 153. The Hall–Kier alpha value is -0.283. The van der Waals surface area contributed by atoms with Crippen LogP contribution in [0.1, 0.15) is 32.1 Å². The highest BCUT2D eigenvalue weighted by Gasteiger charge is 2.10. The molecule has 0 heterocycles. The second-order valence-corrected chi connectivity index (χ2v) is 5.54. The predicted octanol–water partition coefficient (Wildman–Crippen LogP) is 2.59. The average molecular weight is 200 g/mol. The molecule has 0 spiro atoms. The Morgan fingerprint density at radius 2 is 1.92 bits per heavy atom. The molecule has 1 saturated carbocycles. The van der Waals surface area contributed by atoms with Crippen LogP contribution in [0.15, 0.2) is 12.3 Å². The van der Waals surface area contributed by atoms with E-state index < -0.39 is 9.28 Å². The molecule has 1 atom stereocenters. The highest BCUT2D eigenvalue weighted by Crippen LogP contribution is 2.24. The van der Waals surface area contributed by atoms with Crippen molar-refractivity contribution in [2.75, 3.05) is 7.11 Å². The molecule has 0 amide bonds. The monoisotopic (exact) mass is 200 g/mol. The summed E-state index contributed by atoms with van der Waals surface area (Å²) in [4.78, 5) is 0. The van der Waals surface area contributed by atoms with Gasteiger partial charge in [-0.3, -0.25) is 0 Å². The van der Waals surface area contributed by atoms with Crippen molar-refractivity contribution in [3.63, 3.8) is 0 Å². The first-order valence-corrected chi connectivity index (χ1v) is 7.27. The first-order chi connectivity index (χ1) is 6.33. The molecule has 13 heavy (non-hydrogen) atoms. The van der Waals surface area contributed by atoms with E-state index >= 15 is 0 Å². The lowest BCUT2D eigenvalue weighted by atomic mass is 9.89. The van der Waals surface area contributed by atoms with Gasteiger partial charge in [0.05, 0.1) is 6.26 Å². The van der Waals surface area contributed by atoms with Crippen molar-refractivity contribution in [1.82, 2.24) is 0 Å². The topological polar surface area (TPSA) is 18.5 Å². The molecule has 0 N–H and O–H groups in total. The first kappa shape index (κ1) is 10.8. The fourth-order valence-corrected chi connectivity index (χ4v) is 2.07. The molecule has 1 fully saturated rings. The quantitative estimate of drug-likeness (QED) is 0.513. The molecule has 0 aromatic heterocycles. The van der Waals surface area contributed by atoms with Crippen molar-refractivity contribution in [2.45, 2.75) is 38.7 Å². The summed E-state index contributed by atoms with van der Waals surface area (Å²) >= 11 is 0. The van der Waals surface area contributed by atoms with Gasteiger partial charge in [0.25, 0.3) is 0 Å². The van der Waals surface area contributed by atoms with Crippen molar-refractivity contribution in [2.24, 2.45) is 5.92 Å². The molecule has 0 radical (unpaired) electrons. The van der Waals surface area contributed by atoms with Crippen LogP contribution in [0.2, 0.25) is 6.55 Å². The van der Waals surface area contributed by atoms with Gasteiger partial charge in [0.1, 0.15) is 0 Å². The zero-order valence-electron chi connectivity index (χ0n) is 8.66. The fourth-order valence-electron chi connectivity index (χ4n) is 1.65. The second-order valence-electron chi connectivity index (χ2n) is 3.67. The molecule has 1 unspecified atom stereocenters. The molecule has 76 valence electrons. The SMILES string of the molecule is CO[SiH](C)OC=CC1CCCCC1. The van der Waals surface area contributed by atoms with E-state index in [9.17, 15) is 0 Å². The lowest BCUT2D eigenvalue weighted by Gasteiger charge is -2.17. The molecular weight excluding hydrogens is 180 g/mol. The van der Waals surface area contributed by atoms with E-state index in [0.29, 0.717) is 0 Å². The zero-order chi connectivity index (χ0) is 9.52. The molecule has 0 saturated heterocycles. The highest BCUT2D eigenvalue weighted by molar-refractivity contribution is 6.42. The molecule has 1 aliphatic rings. The number of allylic oxidation sites excluding steroid dienone is 1. The number of rotatable bonds is 4. The summed E-state index contributed by atoms with van der Waals surface area (Å²) in [6.07, 6.45) is 10.9. The molecule has 0 aromatic carbocycles. The van der Waals surface area contributed by atoms with E-state index in [1.54, 1.807) is 7.11 Å². The maximum atomic E-state index is 5.43. The first-order valence-electron chi connectivity index (χ1n) is 5.18. The standard InChI is InChI=1S/C10H20O2Si/c1-11-13(2)12-9-8-10-6-4-3-5-7-10/h8-10,13H,3-7H2,1-2H3. The van der Waals surface area contributed by atoms with E-state index in [0.717, 1.165) is 5.92 Å². The minimum absolute atomic E-state index is 0.756. The molecule has 1 aliphatic carbocycles. The molecule has 0 bridgehead atoms. The smallest absolute Gasteiger partial charge is 0.378 e. The summed E-state index contributed by atoms with van der Waals surface area (Å²) < 4.78 is 10.5. The summed E-state index contributed by atoms with van der Waals surface area (Å²) in [7, 11) is 0.374. The van der Waals surface area contributed by atoms with Crippen LogP contribution in [0.4, 0.5) is 0 Å². The van der Waals surface area contributed by atoms with Gasteiger partial charge in [-0.15, -0.1) is 0 Å². The molecule has 2 nitrogen and oxygen atoms in total. The minimum Gasteiger partial charge on any atom is -0.529 e. The van der Waals surface area contributed by atoms with Gasteiger partial charge < -0.3 is 8.85 Å². The van der Waals surface area contributed by atoms with Crippen LogP contribution in [-0.2, 0) is 8.85 Å². The van der Waals surface area contributed by atoms with Crippen molar-refractivity contribution < 1.29 is 8.85 Å². The van der Waals surface area contributed by atoms with Gasteiger partial charge in [-0.05, 0) is 31.4 Å². The van der Waals surface area contributed by atoms with Crippen molar-refractivity contribution in [1.29, 1.82) is 0 Å². The summed E-state index contributed by atoms with van der Waals surface area (Å²) in [6, 6.07) is 0. The molecule has 0 aromatic rings. The molecule has 0 aliphatic heterocycles. The average Bonchev–Trinajstić information content (AvgIpc) is 2.19. The van der Waals surface area contributed by atoms with Crippen LogP contribution in [0, 0.1) is 5.92 Å². The van der Waals surface area contributed by atoms with Gasteiger partial charge in [0.15, 0.2) is 0 Å². The Labute approximate surface area is 82.8 Å². The lowest BCUT2D eigenvalue weighted by molar-refractivity contribution is 0.310. The number of hydrogen-bond donors (Lipinski definition) is 0. The van der Waals surface area contributed by atoms with Gasteiger partial charge in [0, 0.05) is 7.11 Å². The third-order valence-corrected chi connectivity index (χ3v) is 3.81. The van der Waals surface area contributed by atoms with Crippen LogP contribution in [-0.4, -0.2) is 16.4 Å². The lowest BCUT2D eigenvalue weighted by Crippen LogP contribution is -2.12. The fraction of sp³-hybridized carbons (Fsp3) is 0.800. The van der Waals surface area contributed by atoms with E-state index in [4.69, 9.17) is 8.85 Å². The van der Waals surface area contributed by atoms with Gasteiger partial charge in [-0.2, -0.15) is 0 Å². The van der Waals surface area contributed by atoms with Gasteiger partial charge >= 0.3 is 9.28 Å². The Morgan fingerprint density at radius 1 is 1.23 bits per heavy atom. The third-order valence-electron chi connectivity index (χ3n) is 2.60. The van der Waals surface area contributed by atoms with E-state index in [1.165, 1.54) is 32.1 Å². The summed E-state index contributed by atoms with van der Waals surface area (Å²) in [6.45, 7) is 2.03. The van der Waals surface area contributed by atoms with Crippen LogP contribution in [0.5, 0.6) is 0 Å². The summed E-state index contributed by atoms with van der Waals surface area (Å²) in [5.41, 5.74) is 0. The normalized spacial score (nSPS) is 22.0. The van der Waals surface area contributed by atoms with Crippen molar-refractivity contribution in [3.05, 3.63) is 12.3 Å². The van der Waals surface area contributed by atoms with E-state index in [1.807, 2.05) is 12.8 Å². The molecule has 1 rings (SSSR count). The van der Waals surface area contributed by atoms with Crippen LogP contribution in [0.25, 0.3) is 0 Å². The van der Waals surface area contributed by atoms with E-state index in [2.05, 4.69) is 6.08 Å². The van der Waals surface area contributed by atoms with Gasteiger partial charge in [0.2, 0.25) is 0 Å². The number of hydrogen-bond acceptors (Lipinski definition) is 2. The van der Waals surface area contributed by atoms with Crippen LogP contribution in [0.3, 0.4) is 0 Å². The summed E-state index contributed by atoms with van der Waals surface area (Å²) in [5.74, 6) is 0.756. The van der Waals surface area contributed by atoms with Crippen molar-refractivity contribution in [3.8, 4) is 0 Å².